The Kier molecular flexibility index (Phi) is 4.41. The zero-order valence-corrected chi connectivity index (χ0v) is 9.58. The van der Waals surface area contributed by atoms with Crippen molar-refractivity contribution in [2.45, 2.75) is 12.6 Å². The van der Waals surface area contributed by atoms with Crippen molar-refractivity contribution >= 4 is 11.7 Å². The Hall–Kier alpha value is -1.92. The Morgan fingerprint density at radius 1 is 1.39 bits per heavy atom. The maximum atomic E-state index is 12.7. The number of ether oxygens (including phenoxy) is 2. The van der Waals surface area contributed by atoms with Crippen molar-refractivity contribution in [3.8, 4) is 5.75 Å². The highest BCUT2D eigenvalue weighted by Gasteiger charge is 2.34. The minimum atomic E-state index is -4.56. The van der Waals surface area contributed by atoms with Gasteiger partial charge in [0.2, 0.25) is 0 Å². The van der Waals surface area contributed by atoms with Gasteiger partial charge < -0.3 is 15.2 Å². The van der Waals surface area contributed by atoms with Gasteiger partial charge in [0, 0.05) is 5.69 Å². The molecular formula is C11H12F3NO3. The fourth-order valence-corrected chi connectivity index (χ4v) is 1.24. The summed E-state index contributed by atoms with van der Waals surface area (Å²) in [6.45, 7) is -0.195. The van der Waals surface area contributed by atoms with Gasteiger partial charge >= 0.3 is 12.1 Å². The van der Waals surface area contributed by atoms with Crippen LogP contribution < -0.4 is 10.5 Å². The lowest BCUT2D eigenvalue weighted by atomic mass is 10.1. The molecule has 0 saturated heterocycles. The van der Waals surface area contributed by atoms with Crippen LogP contribution in [-0.2, 0) is 15.7 Å². The van der Waals surface area contributed by atoms with E-state index < -0.39 is 17.7 Å². The van der Waals surface area contributed by atoms with Gasteiger partial charge in [-0.25, -0.2) is 0 Å². The highest BCUT2D eigenvalue weighted by Crippen LogP contribution is 2.37. The summed E-state index contributed by atoms with van der Waals surface area (Å²) in [6, 6.07) is 3.20. The fraction of sp³-hybridized carbons (Fsp3) is 0.364. The third kappa shape index (κ3) is 3.83. The van der Waals surface area contributed by atoms with Gasteiger partial charge in [0.1, 0.15) is 5.75 Å². The summed E-state index contributed by atoms with van der Waals surface area (Å²) >= 11 is 0. The lowest BCUT2D eigenvalue weighted by Crippen LogP contribution is -2.12. The highest BCUT2D eigenvalue weighted by atomic mass is 19.4. The van der Waals surface area contributed by atoms with Crippen molar-refractivity contribution in [1.29, 1.82) is 0 Å². The van der Waals surface area contributed by atoms with E-state index in [0.717, 1.165) is 12.1 Å². The lowest BCUT2D eigenvalue weighted by molar-refractivity contribution is -0.141. The predicted molar refractivity (Wildman–Crippen MR) is 58.0 cm³/mol. The zero-order valence-electron chi connectivity index (χ0n) is 9.58. The van der Waals surface area contributed by atoms with Crippen LogP contribution in [0.3, 0.4) is 0 Å². The van der Waals surface area contributed by atoms with Crippen LogP contribution in [0, 0.1) is 0 Å². The molecule has 0 amide bonds. The molecule has 0 unspecified atom stereocenters. The molecule has 0 spiro atoms. The number of carbonyl (C=O) groups excluding carboxylic acids is 1. The minimum absolute atomic E-state index is 0.0114. The number of benzene rings is 1. The summed E-state index contributed by atoms with van der Waals surface area (Å²) in [5.74, 6) is -0.917. The number of carbonyl (C=O) groups is 1. The molecule has 0 radical (unpaired) electrons. The van der Waals surface area contributed by atoms with Crippen LogP contribution in [0.5, 0.6) is 5.75 Å². The first-order valence-electron chi connectivity index (χ1n) is 5.01. The number of rotatable bonds is 4. The molecule has 7 heteroatoms. The molecular weight excluding hydrogens is 251 g/mol. The van der Waals surface area contributed by atoms with Crippen LogP contribution in [0.15, 0.2) is 18.2 Å². The topological polar surface area (TPSA) is 61.5 Å². The van der Waals surface area contributed by atoms with E-state index in [2.05, 4.69) is 4.74 Å². The van der Waals surface area contributed by atoms with Gasteiger partial charge in [-0.2, -0.15) is 13.2 Å². The first-order chi connectivity index (χ1) is 8.34. The summed E-state index contributed by atoms with van der Waals surface area (Å²) in [6.07, 6.45) is -4.69. The van der Waals surface area contributed by atoms with Crippen molar-refractivity contribution in [2.24, 2.45) is 0 Å². The summed E-state index contributed by atoms with van der Waals surface area (Å²) in [5, 5.41) is 0. The van der Waals surface area contributed by atoms with Crippen molar-refractivity contribution in [3.63, 3.8) is 0 Å². The fourth-order valence-electron chi connectivity index (χ4n) is 1.24. The number of hydrogen-bond donors (Lipinski definition) is 1. The van der Waals surface area contributed by atoms with Gasteiger partial charge in [0.15, 0.2) is 0 Å². The van der Waals surface area contributed by atoms with Crippen LogP contribution in [0.25, 0.3) is 0 Å². The normalized spacial score (nSPS) is 11.1. The number of halogens is 3. The molecule has 0 aliphatic carbocycles. The largest absolute Gasteiger partial charge is 0.492 e. The molecule has 18 heavy (non-hydrogen) atoms. The molecule has 0 aliphatic rings. The van der Waals surface area contributed by atoms with E-state index in [-0.39, 0.29) is 24.5 Å². The Morgan fingerprint density at radius 3 is 2.61 bits per heavy atom. The molecule has 0 heterocycles. The molecule has 4 nitrogen and oxygen atoms in total. The van der Waals surface area contributed by atoms with Gasteiger partial charge in [-0.15, -0.1) is 0 Å². The zero-order chi connectivity index (χ0) is 13.8. The smallest absolute Gasteiger partial charge is 0.420 e. The number of nitrogens with two attached hydrogens (primary N) is 1. The van der Waals surface area contributed by atoms with Crippen LogP contribution in [0.2, 0.25) is 0 Å². The van der Waals surface area contributed by atoms with Crippen molar-refractivity contribution < 1.29 is 27.4 Å². The maximum Gasteiger partial charge on any atom is 0.420 e. The summed E-state index contributed by atoms with van der Waals surface area (Å²) in [7, 11) is 1.19. The number of nitrogen functional groups attached to an aromatic ring is 1. The molecule has 0 aromatic heterocycles. The summed E-state index contributed by atoms with van der Waals surface area (Å²) in [5.41, 5.74) is 4.32. The van der Waals surface area contributed by atoms with Crippen molar-refractivity contribution in [2.75, 3.05) is 19.5 Å². The Balaban J connectivity index is 2.79. The van der Waals surface area contributed by atoms with Crippen molar-refractivity contribution in [1.82, 2.24) is 0 Å². The predicted octanol–water partition coefficient (Wildman–Crippen LogP) is 2.23. The minimum Gasteiger partial charge on any atom is -0.492 e. The van der Waals surface area contributed by atoms with Gasteiger partial charge in [-0.3, -0.25) is 4.79 Å². The van der Waals surface area contributed by atoms with Gasteiger partial charge in [0.05, 0.1) is 25.7 Å². The van der Waals surface area contributed by atoms with E-state index in [1.54, 1.807) is 0 Å². The van der Waals surface area contributed by atoms with Crippen LogP contribution in [0.1, 0.15) is 12.0 Å². The molecule has 1 aromatic rings. The molecule has 100 valence electrons. The first-order valence-corrected chi connectivity index (χ1v) is 5.01. The highest BCUT2D eigenvalue weighted by molar-refractivity contribution is 5.69. The summed E-state index contributed by atoms with van der Waals surface area (Å²) in [4.78, 5) is 10.8. The van der Waals surface area contributed by atoms with E-state index in [9.17, 15) is 18.0 Å². The standard InChI is InChI=1S/C11H12F3NO3/c1-17-10(16)4-5-18-9-3-2-7(15)6-8(9)11(12,13)14/h2-3,6H,4-5,15H2,1H3. The van der Waals surface area contributed by atoms with Crippen LogP contribution in [0.4, 0.5) is 18.9 Å². The van der Waals surface area contributed by atoms with Crippen LogP contribution >= 0.6 is 0 Å². The molecule has 0 bridgehead atoms. The Labute approximate surface area is 101 Å². The second kappa shape index (κ2) is 5.61. The number of anilines is 1. The molecule has 1 rings (SSSR count). The van der Waals surface area contributed by atoms with E-state index >= 15 is 0 Å². The summed E-state index contributed by atoms with van der Waals surface area (Å²) < 4.78 is 47.2. The number of methoxy groups -OCH3 is 1. The number of hydrogen-bond acceptors (Lipinski definition) is 4. The molecule has 0 atom stereocenters. The third-order valence-electron chi connectivity index (χ3n) is 2.10. The maximum absolute atomic E-state index is 12.7. The van der Waals surface area contributed by atoms with Gasteiger partial charge in [0.25, 0.3) is 0 Å². The Bertz CT molecular complexity index is 432. The monoisotopic (exact) mass is 263 g/mol. The lowest BCUT2D eigenvalue weighted by Gasteiger charge is -2.14. The quantitative estimate of drug-likeness (QED) is 0.668. The number of alkyl halides is 3. The SMILES string of the molecule is COC(=O)CCOc1ccc(N)cc1C(F)(F)F. The molecule has 0 fully saturated rings. The third-order valence-corrected chi connectivity index (χ3v) is 2.10. The van der Waals surface area contributed by atoms with E-state index in [4.69, 9.17) is 10.5 Å². The van der Waals surface area contributed by atoms with Crippen molar-refractivity contribution in [3.05, 3.63) is 23.8 Å². The average molecular weight is 263 g/mol. The van der Waals surface area contributed by atoms with Gasteiger partial charge in [-0.1, -0.05) is 0 Å². The van der Waals surface area contributed by atoms with E-state index in [0.29, 0.717) is 0 Å². The number of esters is 1. The second-order valence-corrected chi connectivity index (χ2v) is 3.43. The second-order valence-electron chi connectivity index (χ2n) is 3.43. The Morgan fingerprint density at radius 2 is 2.06 bits per heavy atom. The van der Waals surface area contributed by atoms with E-state index in [1.165, 1.54) is 13.2 Å². The molecule has 2 N–H and O–H groups in total. The first kappa shape index (κ1) is 14.1. The molecule has 0 saturated carbocycles. The van der Waals surface area contributed by atoms with Crippen LogP contribution in [-0.4, -0.2) is 19.7 Å². The van der Waals surface area contributed by atoms with Gasteiger partial charge in [-0.05, 0) is 18.2 Å². The average Bonchev–Trinajstić information content (AvgIpc) is 2.29. The molecule has 0 aliphatic heterocycles. The molecule has 1 aromatic carbocycles. The van der Waals surface area contributed by atoms with E-state index in [1.807, 2.05) is 0 Å².